The number of aromatic carboxylic acids is 1. The Morgan fingerprint density at radius 2 is 2.24 bits per heavy atom. The molecule has 2 N–H and O–H groups in total. The quantitative estimate of drug-likeness (QED) is 0.827. The van der Waals surface area contributed by atoms with Gasteiger partial charge in [-0.05, 0) is 18.4 Å². The number of carbonyl (C=O) groups is 2. The molecule has 1 rings (SSSR count). The number of nitrogens with one attached hydrogen (secondary N) is 1. The minimum Gasteiger partial charge on any atom is -0.477 e. The third-order valence-corrected chi connectivity index (χ3v) is 3.17. The molecule has 1 amide bonds. The van der Waals surface area contributed by atoms with Crippen molar-refractivity contribution in [2.45, 2.75) is 12.2 Å². The summed E-state index contributed by atoms with van der Waals surface area (Å²) >= 11 is 1.66. The van der Waals surface area contributed by atoms with Crippen LogP contribution in [0.5, 0.6) is 0 Å². The van der Waals surface area contributed by atoms with E-state index in [4.69, 9.17) is 5.11 Å². The summed E-state index contributed by atoms with van der Waals surface area (Å²) < 4.78 is 0. The molecule has 0 aromatic carbocycles. The van der Waals surface area contributed by atoms with Crippen molar-refractivity contribution >= 4 is 23.6 Å². The number of rotatable bonds is 5. The molecule has 0 bridgehead atoms. The minimum atomic E-state index is -1.10. The molecular weight excluding hydrogens is 240 g/mol. The van der Waals surface area contributed by atoms with Crippen LogP contribution in [-0.2, 0) is 0 Å². The summed E-state index contributed by atoms with van der Waals surface area (Å²) in [6.07, 6.45) is 3.24. The molecule has 0 saturated heterocycles. The Bertz CT molecular complexity index is 406. The van der Waals surface area contributed by atoms with E-state index >= 15 is 0 Å². The number of aromatic nitrogens is 1. The highest BCUT2D eigenvalue weighted by molar-refractivity contribution is 7.99. The summed E-state index contributed by atoms with van der Waals surface area (Å²) in [5.74, 6) is -1.34. The Morgan fingerprint density at radius 1 is 1.53 bits per heavy atom. The molecule has 0 fully saturated rings. The van der Waals surface area contributed by atoms with E-state index in [0.717, 1.165) is 0 Å². The third kappa shape index (κ3) is 4.07. The first-order chi connectivity index (χ1) is 8.04. The van der Waals surface area contributed by atoms with Crippen LogP contribution >= 0.6 is 11.8 Å². The van der Waals surface area contributed by atoms with Gasteiger partial charge in [-0.3, -0.25) is 4.79 Å². The summed E-state index contributed by atoms with van der Waals surface area (Å²) in [7, 11) is 0. The van der Waals surface area contributed by atoms with E-state index in [1.54, 1.807) is 11.8 Å². The van der Waals surface area contributed by atoms with E-state index in [0.29, 0.717) is 17.4 Å². The Hall–Kier alpha value is -1.56. The van der Waals surface area contributed by atoms with Crippen molar-refractivity contribution in [2.24, 2.45) is 0 Å². The Morgan fingerprint density at radius 3 is 2.71 bits per heavy atom. The lowest BCUT2D eigenvalue weighted by molar-refractivity contribution is 0.0689. The zero-order valence-corrected chi connectivity index (χ0v) is 10.5. The molecule has 92 valence electrons. The van der Waals surface area contributed by atoms with Crippen molar-refractivity contribution in [3.63, 3.8) is 0 Å². The molecule has 1 heterocycles. The molecule has 0 radical (unpaired) electrons. The number of pyridine rings is 1. The molecule has 0 saturated carbocycles. The SMILES string of the molecule is CSC(C)CNC(=O)c1ccc(C(=O)O)nc1. The molecule has 6 heteroatoms. The van der Waals surface area contributed by atoms with Gasteiger partial charge in [-0.2, -0.15) is 11.8 Å². The van der Waals surface area contributed by atoms with Crippen molar-refractivity contribution in [1.29, 1.82) is 0 Å². The fraction of sp³-hybridized carbons (Fsp3) is 0.364. The van der Waals surface area contributed by atoms with E-state index in [2.05, 4.69) is 10.3 Å². The van der Waals surface area contributed by atoms with Gasteiger partial charge in [0.1, 0.15) is 5.69 Å². The van der Waals surface area contributed by atoms with Gasteiger partial charge >= 0.3 is 5.97 Å². The second kappa shape index (κ2) is 6.24. The second-order valence-corrected chi connectivity index (χ2v) is 4.77. The maximum atomic E-state index is 11.6. The first-order valence-corrected chi connectivity index (χ1v) is 6.33. The van der Waals surface area contributed by atoms with Crippen LogP contribution in [0.2, 0.25) is 0 Å². The van der Waals surface area contributed by atoms with E-state index in [1.807, 2.05) is 13.2 Å². The van der Waals surface area contributed by atoms with Crippen molar-refractivity contribution in [3.05, 3.63) is 29.6 Å². The van der Waals surface area contributed by atoms with Gasteiger partial charge in [0.15, 0.2) is 0 Å². The third-order valence-electron chi connectivity index (χ3n) is 2.20. The molecule has 1 aromatic rings. The monoisotopic (exact) mass is 254 g/mol. The number of thioether (sulfide) groups is 1. The topological polar surface area (TPSA) is 79.3 Å². The zero-order valence-electron chi connectivity index (χ0n) is 9.64. The molecule has 0 aliphatic carbocycles. The smallest absolute Gasteiger partial charge is 0.354 e. The maximum Gasteiger partial charge on any atom is 0.354 e. The lowest BCUT2D eigenvalue weighted by Gasteiger charge is -2.09. The van der Waals surface area contributed by atoms with Crippen LogP contribution in [0, 0.1) is 0 Å². The highest BCUT2D eigenvalue weighted by Gasteiger charge is 2.09. The number of carboxylic acid groups (broad SMARTS) is 1. The lowest BCUT2D eigenvalue weighted by Crippen LogP contribution is -2.29. The summed E-state index contributed by atoms with van der Waals surface area (Å²) in [6.45, 7) is 2.58. The average molecular weight is 254 g/mol. The number of hydrogen-bond acceptors (Lipinski definition) is 4. The van der Waals surface area contributed by atoms with Crippen LogP contribution in [-0.4, -0.2) is 40.0 Å². The van der Waals surface area contributed by atoms with Crippen molar-refractivity contribution < 1.29 is 14.7 Å². The van der Waals surface area contributed by atoms with Gasteiger partial charge in [0.25, 0.3) is 5.91 Å². The molecule has 0 aliphatic heterocycles. The minimum absolute atomic E-state index is 0.0703. The fourth-order valence-electron chi connectivity index (χ4n) is 1.08. The van der Waals surface area contributed by atoms with Crippen molar-refractivity contribution in [3.8, 4) is 0 Å². The Balaban J connectivity index is 2.61. The van der Waals surface area contributed by atoms with Gasteiger partial charge in [-0.1, -0.05) is 6.92 Å². The normalized spacial score (nSPS) is 11.9. The zero-order chi connectivity index (χ0) is 12.8. The van der Waals surface area contributed by atoms with E-state index < -0.39 is 5.97 Å². The molecule has 0 aliphatic rings. The summed E-state index contributed by atoms with van der Waals surface area (Å²) in [5, 5.41) is 11.7. The summed E-state index contributed by atoms with van der Waals surface area (Å²) in [4.78, 5) is 25.9. The number of nitrogens with zero attached hydrogens (tertiary/aromatic N) is 1. The van der Waals surface area contributed by atoms with Gasteiger partial charge in [-0.15, -0.1) is 0 Å². The second-order valence-electron chi connectivity index (χ2n) is 3.49. The Labute approximate surface area is 104 Å². The lowest BCUT2D eigenvalue weighted by atomic mass is 10.2. The van der Waals surface area contributed by atoms with Gasteiger partial charge in [0, 0.05) is 18.0 Å². The van der Waals surface area contributed by atoms with E-state index in [-0.39, 0.29) is 11.6 Å². The van der Waals surface area contributed by atoms with Crippen LogP contribution in [0.1, 0.15) is 27.8 Å². The number of hydrogen-bond donors (Lipinski definition) is 2. The fourth-order valence-corrected chi connectivity index (χ4v) is 1.33. The molecule has 1 unspecified atom stereocenters. The molecular formula is C11H14N2O3S. The average Bonchev–Trinajstić information content (AvgIpc) is 2.35. The standard InChI is InChI=1S/C11H14N2O3S/c1-7(17-2)5-13-10(14)8-3-4-9(11(15)16)12-6-8/h3-4,6-7H,5H2,1-2H3,(H,13,14)(H,15,16). The first-order valence-electron chi connectivity index (χ1n) is 5.05. The van der Waals surface area contributed by atoms with Crippen molar-refractivity contribution in [2.75, 3.05) is 12.8 Å². The highest BCUT2D eigenvalue weighted by Crippen LogP contribution is 2.04. The molecule has 1 atom stereocenters. The van der Waals surface area contributed by atoms with Crippen LogP contribution in [0.15, 0.2) is 18.3 Å². The van der Waals surface area contributed by atoms with Crippen LogP contribution in [0.25, 0.3) is 0 Å². The number of amides is 1. The van der Waals surface area contributed by atoms with Gasteiger partial charge < -0.3 is 10.4 Å². The predicted octanol–water partition coefficient (Wildman–Crippen LogP) is 1.26. The first kappa shape index (κ1) is 13.5. The summed E-state index contributed by atoms with van der Waals surface area (Å²) in [6, 6.07) is 2.77. The predicted molar refractivity (Wildman–Crippen MR) is 66.5 cm³/mol. The van der Waals surface area contributed by atoms with Crippen LogP contribution in [0.3, 0.4) is 0 Å². The Kier molecular flexibility index (Phi) is 4.96. The molecule has 1 aromatic heterocycles. The van der Waals surface area contributed by atoms with Gasteiger partial charge in [0.2, 0.25) is 0 Å². The molecule has 5 nitrogen and oxygen atoms in total. The van der Waals surface area contributed by atoms with Crippen LogP contribution < -0.4 is 5.32 Å². The van der Waals surface area contributed by atoms with Crippen molar-refractivity contribution in [1.82, 2.24) is 10.3 Å². The number of carbonyl (C=O) groups excluding carboxylic acids is 1. The van der Waals surface area contributed by atoms with Gasteiger partial charge in [-0.25, -0.2) is 9.78 Å². The molecule has 17 heavy (non-hydrogen) atoms. The van der Waals surface area contributed by atoms with E-state index in [1.165, 1.54) is 18.3 Å². The van der Waals surface area contributed by atoms with E-state index in [9.17, 15) is 9.59 Å². The maximum absolute atomic E-state index is 11.6. The molecule has 0 spiro atoms. The summed E-state index contributed by atoms with van der Waals surface area (Å²) in [5.41, 5.74) is 0.294. The number of carboxylic acids is 1. The highest BCUT2D eigenvalue weighted by atomic mass is 32.2. The van der Waals surface area contributed by atoms with Gasteiger partial charge in [0.05, 0.1) is 5.56 Å². The largest absolute Gasteiger partial charge is 0.477 e. The van der Waals surface area contributed by atoms with Crippen LogP contribution in [0.4, 0.5) is 0 Å².